The number of phenolic OH excluding ortho intramolecular Hbond substituents is 2. The van der Waals surface area contributed by atoms with Crippen LogP contribution in [-0.2, 0) is 11.0 Å². The summed E-state index contributed by atoms with van der Waals surface area (Å²) in [7, 11) is 0. The van der Waals surface area contributed by atoms with E-state index in [9.17, 15) is 25.2 Å². The van der Waals surface area contributed by atoms with E-state index in [1.165, 1.54) is 19.9 Å². The van der Waals surface area contributed by atoms with Crippen molar-refractivity contribution in [3.63, 3.8) is 0 Å². The average Bonchev–Trinajstić information content (AvgIpc) is 2.45. The molecule has 0 unspecified atom stereocenters. The van der Waals surface area contributed by atoms with Gasteiger partial charge in [0.05, 0.1) is 5.60 Å². The van der Waals surface area contributed by atoms with Gasteiger partial charge in [0.2, 0.25) is 5.78 Å². The van der Waals surface area contributed by atoms with Gasteiger partial charge in [0.1, 0.15) is 0 Å². The van der Waals surface area contributed by atoms with Crippen molar-refractivity contribution in [1.82, 2.24) is 0 Å². The molecule has 1 saturated carbocycles. The van der Waals surface area contributed by atoms with Crippen LogP contribution in [0.15, 0.2) is 17.4 Å². The molecule has 0 amide bonds. The molecule has 136 valence electrons. The van der Waals surface area contributed by atoms with E-state index in [0.717, 1.165) is 12.8 Å². The Morgan fingerprint density at radius 1 is 1.04 bits per heavy atom. The van der Waals surface area contributed by atoms with Gasteiger partial charge in [0, 0.05) is 22.1 Å². The average molecular weight is 346 g/mol. The molecule has 0 heterocycles. The van der Waals surface area contributed by atoms with Crippen molar-refractivity contribution in [2.75, 3.05) is 0 Å². The van der Waals surface area contributed by atoms with Crippen molar-refractivity contribution >= 4 is 5.78 Å². The number of aliphatic hydroxyl groups excluding tert-OH is 1. The van der Waals surface area contributed by atoms with E-state index in [1.807, 2.05) is 20.8 Å². The highest BCUT2D eigenvalue weighted by atomic mass is 16.3. The lowest BCUT2D eigenvalue weighted by Gasteiger charge is -2.49. The fraction of sp³-hybridized carbons (Fsp3) is 0.550. The Kier molecular flexibility index (Phi) is 3.56. The van der Waals surface area contributed by atoms with E-state index in [-0.39, 0.29) is 28.1 Å². The minimum absolute atomic E-state index is 0.0621. The van der Waals surface area contributed by atoms with E-state index in [2.05, 4.69) is 0 Å². The zero-order valence-electron chi connectivity index (χ0n) is 15.4. The van der Waals surface area contributed by atoms with Crippen LogP contribution in [0.4, 0.5) is 0 Å². The first-order chi connectivity index (χ1) is 11.3. The van der Waals surface area contributed by atoms with E-state index < -0.39 is 22.5 Å². The molecule has 0 bridgehead atoms. The van der Waals surface area contributed by atoms with Gasteiger partial charge in [0.15, 0.2) is 17.3 Å². The van der Waals surface area contributed by atoms with Crippen molar-refractivity contribution in [3.8, 4) is 11.5 Å². The number of hydrogen-bond donors (Lipinski definition) is 4. The molecular formula is C20H26O5. The fourth-order valence-corrected chi connectivity index (χ4v) is 4.82. The van der Waals surface area contributed by atoms with Crippen LogP contribution in [0.25, 0.3) is 0 Å². The second-order valence-corrected chi connectivity index (χ2v) is 8.73. The molecule has 25 heavy (non-hydrogen) atoms. The van der Waals surface area contributed by atoms with Gasteiger partial charge in [-0.2, -0.15) is 0 Å². The number of aromatic hydroxyl groups is 2. The molecule has 5 nitrogen and oxygen atoms in total. The third-order valence-electron chi connectivity index (χ3n) is 5.89. The predicted molar refractivity (Wildman–Crippen MR) is 94.0 cm³/mol. The van der Waals surface area contributed by atoms with Crippen molar-refractivity contribution in [3.05, 3.63) is 34.1 Å². The van der Waals surface area contributed by atoms with Crippen LogP contribution >= 0.6 is 0 Å². The zero-order chi connectivity index (χ0) is 18.9. The van der Waals surface area contributed by atoms with Gasteiger partial charge >= 0.3 is 0 Å². The molecule has 0 spiro atoms. The zero-order valence-corrected chi connectivity index (χ0v) is 15.4. The number of benzene rings is 1. The Morgan fingerprint density at radius 3 is 2.20 bits per heavy atom. The quantitative estimate of drug-likeness (QED) is 0.580. The summed E-state index contributed by atoms with van der Waals surface area (Å²) in [6.45, 7) is 8.79. The van der Waals surface area contributed by atoms with Gasteiger partial charge in [-0.1, -0.05) is 27.2 Å². The topological polar surface area (TPSA) is 98.0 Å². The summed E-state index contributed by atoms with van der Waals surface area (Å²) in [5.74, 6) is -1.64. The minimum Gasteiger partial charge on any atom is -0.504 e. The van der Waals surface area contributed by atoms with E-state index in [4.69, 9.17) is 0 Å². The van der Waals surface area contributed by atoms with Gasteiger partial charge < -0.3 is 20.4 Å². The van der Waals surface area contributed by atoms with Crippen molar-refractivity contribution < 1.29 is 25.2 Å². The van der Waals surface area contributed by atoms with Crippen molar-refractivity contribution in [1.29, 1.82) is 0 Å². The molecule has 5 heteroatoms. The van der Waals surface area contributed by atoms with Gasteiger partial charge in [-0.05, 0) is 43.7 Å². The fourth-order valence-electron chi connectivity index (χ4n) is 4.82. The van der Waals surface area contributed by atoms with Crippen LogP contribution in [-0.4, -0.2) is 26.2 Å². The maximum Gasteiger partial charge on any atom is 0.227 e. The van der Waals surface area contributed by atoms with Crippen LogP contribution in [0.2, 0.25) is 0 Å². The Morgan fingerprint density at radius 2 is 1.64 bits per heavy atom. The molecule has 1 fully saturated rings. The van der Waals surface area contributed by atoms with E-state index in [1.54, 1.807) is 0 Å². The number of carbonyl (C=O) groups excluding carboxylic acids is 1. The maximum absolute atomic E-state index is 12.9. The second kappa shape index (κ2) is 5.01. The first kappa shape index (κ1) is 17.8. The molecule has 2 aliphatic carbocycles. The molecule has 1 atom stereocenters. The number of fused-ring (bicyclic) bond motifs is 3. The SMILES string of the molecule is CC1(C)CCC[C@@]2(C)C1=C(O)C(=O)c1cc(C(C)(C)O)c(O)c(O)c12. The molecule has 3 rings (SSSR count). The number of rotatable bonds is 1. The van der Waals surface area contributed by atoms with Gasteiger partial charge in [-0.15, -0.1) is 0 Å². The van der Waals surface area contributed by atoms with Crippen LogP contribution in [0.1, 0.15) is 75.4 Å². The lowest BCUT2D eigenvalue weighted by Crippen LogP contribution is -2.43. The summed E-state index contributed by atoms with van der Waals surface area (Å²) in [4.78, 5) is 12.9. The molecule has 0 aromatic heterocycles. The Balaban J connectivity index is 2.40. The summed E-state index contributed by atoms with van der Waals surface area (Å²) in [5, 5.41) is 42.2. The van der Waals surface area contributed by atoms with E-state index >= 15 is 0 Å². The number of carbonyl (C=O) groups is 1. The maximum atomic E-state index is 12.9. The predicted octanol–water partition coefficient (Wildman–Crippen LogP) is 3.80. The molecule has 0 radical (unpaired) electrons. The summed E-state index contributed by atoms with van der Waals surface area (Å²) < 4.78 is 0. The van der Waals surface area contributed by atoms with Gasteiger partial charge in [0.25, 0.3) is 0 Å². The lowest BCUT2D eigenvalue weighted by atomic mass is 9.54. The van der Waals surface area contributed by atoms with Gasteiger partial charge in [-0.3, -0.25) is 4.79 Å². The summed E-state index contributed by atoms with van der Waals surface area (Å²) in [5.41, 5.74) is -1.39. The number of allylic oxidation sites excluding steroid dienone is 2. The molecular weight excluding hydrogens is 320 g/mol. The third kappa shape index (κ3) is 2.29. The van der Waals surface area contributed by atoms with Crippen LogP contribution < -0.4 is 0 Å². The number of ketones is 1. The lowest BCUT2D eigenvalue weighted by molar-refractivity contribution is 0.0748. The van der Waals surface area contributed by atoms with Crippen molar-refractivity contribution in [2.45, 2.75) is 64.9 Å². The van der Waals surface area contributed by atoms with Crippen LogP contribution in [0.3, 0.4) is 0 Å². The summed E-state index contributed by atoms with van der Waals surface area (Å²) in [6.07, 6.45) is 2.37. The number of phenols is 2. The monoisotopic (exact) mass is 346 g/mol. The largest absolute Gasteiger partial charge is 0.504 e. The number of Topliss-reactive ketones (excluding diaryl/α,β-unsaturated/α-hetero) is 1. The van der Waals surface area contributed by atoms with Crippen LogP contribution in [0.5, 0.6) is 11.5 Å². The third-order valence-corrected chi connectivity index (χ3v) is 5.89. The first-order valence-corrected chi connectivity index (χ1v) is 8.63. The Hall–Kier alpha value is -2.01. The highest BCUT2D eigenvalue weighted by Gasteiger charge is 2.52. The number of aliphatic hydroxyl groups is 2. The van der Waals surface area contributed by atoms with Crippen molar-refractivity contribution in [2.24, 2.45) is 5.41 Å². The molecule has 4 N–H and O–H groups in total. The normalized spacial score (nSPS) is 25.6. The Bertz CT molecular complexity index is 810. The smallest absolute Gasteiger partial charge is 0.227 e. The molecule has 1 aromatic rings. The van der Waals surface area contributed by atoms with E-state index in [0.29, 0.717) is 17.6 Å². The first-order valence-electron chi connectivity index (χ1n) is 8.63. The van der Waals surface area contributed by atoms with Crippen LogP contribution in [0, 0.1) is 5.41 Å². The minimum atomic E-state index is -1.44. The Labute approximate surface area is 147 Å². The highest BCUT2D eigenvalue weighted by molar-refractivity contribution is 6.11. The van der Waals surface area contributed by atoms with Gasteiger partial charge in [-0.25, -0.2) is 0 Å². The standard InChI is InChI=1S/C20H26O5/c1-18(2)7-6-8-20(5)12-10(13(21)16(24)17(18)20)9-11(19(3,4)25)14(22)15(12)23/h9,22-25H,6-8H2,1-5H3/t20-/m1/s1. The molecule has 0 saturated heterocycles. The molecule has 0 aliphatic heterocycles. The second-order valence-electron chi connectivity index (χ2n) is 8.73. The highest BCUT2D eigenvalue weighted by Crippen LogP contribution is 2.59. The number of hydrogen-bond acceptors (Lipinski definition) is 5. The summed E-state index contributed by atoms with van der Waals surface area (Å²) >= 11 is 0. The molecule has 1 aromatic carbocycles. The summed E-state index contributed by atoms with van der Waals surface area (Å²) in [6, 6.07) is 1.40. The molecule has 2 aliphatic rings.